The van der Waals surface area contributed by atoms with Gasteiger partial charge in [-0.15, -0.1) is 5.56 Å². The second-order valence-electron chi connectivity index (χ2n) is 3.84. The van der Waals surface area contributed by atoms with E-state index in [1.54, 1.807) is 0 Å². The van der Waals surface area contributed by atoms with Crippen molar-refractivity contribution in [2.75, 3.05) is 20.7 Å². The van der Waals surface area contributed by atoms with Gasteiger partial charge in [-0.1, -0.05) is 0 Å². The summed E-state index contributed by atoms with van der Waals surface area (Å²) in [7, 11) is 3.93. The first-order valence-electron chi connectivity index (χ1n) is 5.41. The molecule has 0 saturated heterocycles. The van der Waals surface area contributed by atoms with Crippen molar-refractivity contribution in [3.8, 4) is 0 Å². The van der Waals surface area contributed by atoms with Gasteiger partial charge in [0.15, 0.2) is 0 Å². The Morgan fingerprint density at radius 1 is 1.06 bits per heavy atom. The molecular formula is C14H19FeNO-6. The van der Waals surface area contributed by atoms with Crippen molar-refractivity contribution in [2.24, 2.45) is 0 Å². The molecule has 0 spiro atoms. The summed E-state index contributed by atoms with van der Waals surface area (Å²) in [5.74, 6) is 0. The van der Waals surface area contributed by atoms with E-state index < -0.39 is 0 Å². The Kier molecular flexibility index (Phi) is 8.73. The van der Waals surface area contributed by atoms with Crippen LogP contribution in [-0.2, 0) is 17.1 Å². The number of hydrogen-bond acceptors (Lipinski definition) is 2. The smallest absolute Gasteiger partial charge is 0.0521 e. The Labute approximate surface area is 114 Å². The summed E-state index contributed by atoms with van der Waals surface area (Å²) in [5.41, 5.74) is 1.18. The number of hydrogen-bond donors (Lipinski definition) is 1. The van der Waals surface area contributed by atoms with Crippen molar-refractivity contribution in [2.45, 2.75) is 6.04 Å². The Morgan fingerprint density at radius 2 is 1.47 bits per heavy atom. The molecule has 1 unspecified atom stereocenters. The van der Waals surface area contributed by atoms with Crippen LogP contribution in [0.15, 0.2) is 54.6 Å². The first kappa shape index (κ1) is 16.1. The van der Waals surface area contributed by atoms with Crippen LogP contribution >= 0.6 is 0 Å². The molecule has 2 aromatic carbocycles. The molecule has 0 aromatic heterocycles. The van der Waals surface area contributed by atoms with E-state index in [9.17, 15) is 0 Å². The topological polar surface area (TPSA) is 23.5 Å². The molecule has 1 N–H and O–H groups in total. The first-order chi connectivity index (χ1) is 7.75. The summed E-state index contributed by atoms with van der Waals surface area (Å²) in [5, 5.41) is 9.03. The van der Waals surface area contributed by atoms with Gasteiger partial charge in [0, 0.05) is 23.1 Å². The Bertz CT molecular complexity index is 323. The number of nitrogens with zero attached hydrogens (tertiary/aromatic N) is 1. The summed E-state index contributed by atoms with van der Waals surface area (Å²) >= 11 is 0. The average molecular weight is 273 g/mol. The van der Waals surface area contributed by atoms with Gasteiger partial charge < -0.3 is 40.3 Å². The predicted molar refractivity (Wildman–Crippen MR) is 67.6 cm³/mol. The molecule has 17 heavy (non-hydrogen) atoms. The van der Waals surface area contributed by atoms with E-state index in [-0.39, 0.29) is 29.7 Å². The Morgan fingerprint density at radius 3 is 1.76 bits per heavy atom. The molecule has 0 saturated carbocycles. The third-order valence-corrected chi connectivity index (χ3v) is 2.43. The van der Waals surface area contributed by atoms with E-state index >= 15 is 0 Å². The van der Waals surface area contributed by atoms with Gasteiger partial charge in [-0.3, -0.25) is 0 Å². The average Bonchev–Trinajstić information content (AvgIpc) is 2.94. The zero-order chi connectivity index (χ0) is 11.8. The minimum atomic E-state index is 0. The SMILES string of the molecule is CN(C)C(CO)[c-]1cccc1.[Fe].[cH-]1[cH-][cH-][cH-][cH-]1. The number of likely N-dealkylation sites (N-methyl/N-ethyl adjacent to an activating group) is 1. The van der Waals surface area contributed by atoms with E-state index in [0.717, 1.165) is 0 Å². The molecule has 0 heterocycles. The van der Waals surface area contributed by atoms with E-state index in [1.165, 1.54) is 5.56 Å². The fraction of sp³-hybridized carbons (Fsp3) is 0.286. The minimum Gasteiger partial charge on any atom is -0.748 e. The zero-order valence-electron chi connectivity index (χ0n) is 10.2. The van der Waals surface area contributed by atoms with Crippen LogP contribution in [-0.4, -0.2) is 30.7 Å². The van der Waals surface area contributed by atoms with E-state index in [1.807, 2.05) is 73.6 Å². The van der Waals surface area contributed by atoms with Crippen molar-refractivity contribution >= 4 is 0 Å². The number of rotatable bonds is 3. The van der Waals surface area contributed by atoms with Crippen molar-refractivity contribution < 1.29 is 22.2 Å². The molecule has 0 amide bonds. The van der Waals surface area contributed by atoms with Crippen LogP contribution in [0, 0.1) is 0 Å². The van der Waals surface area contributed by atoms with Crippen LogP contribution in [0.5, 0.6) is 0 Å². The largest absolute Gasteiger partial charge is 0.748 e. The second kappa shape index (κ2) is 9.20. The Hall–Kier alpha value is -0.861. The first-order valence-corrected chi connectivity index (χ1v) is 5.41. The van der Waals surface area contributed by atoms with Gasteiger partial charge >= 0.3 is 0 Å². The van der Waals surface area contributed by atoms with Gasteiger partial charge in [0.25, 0.3) is 0 Å². The molecule has 0 bridgehead atoms. The molecule has 0 fully saturated rings. The molecule has 0 aliphatic carbocycles. The van der Waals surface area contributed by atoms with Crippen LogP contribution in [0.3, 0.4) is 0 Å². The fourth-order valence-electron chi connectivity index (χ4n) is 1.50. The third kappa shape index (κ3) is 5.85. The molecule has 2 rings (SSSR count). The summed E-state index contributed by atoms with van der Waals surface area (Å²) in [6.45, 7) is 0.178. The molecule has 1 atom stereocenters. The molecule has 0 aliphatic heterocycles. The van der Waals surface area contributed by atoms with Crippen LogP contribution < -0.4 is 0 Å². The number of aliphatic hydroxyl groups excluding tert-OH is 1. The van der Waals surface area contributed by atoms with Gasteiger partial charge in [-0.05, 0) is 14.1 Å². The van der Waals surface area contributed by atoms with Crippen LogP contribution in [0.25, 0.3) is 0 Å². The van der Waals surface area contributed by atoms with E-state index in [2.05, 4.69) is 0 Å². The summed E-state index contributed by atoms with van der Waals surface area (Å²) in [6, 6.07) is 18.2. The van der Waals surface area contributed by atoms with Gasteiger partial charge in [-0.25, -0.2) is 12.1 Å². The van der Waals surface area contributed by atoms with E-state index in [0.29, 0.717) is 0 Å². The molecule has 2 aromatic rings. The predicted octanol–water partition coefficient (Wildman–Crippen LogP) is 2.40. The standard InChI is InChI=1S/C9H14NO.C5H5.Fe/c1-10(2)9(7-11)8-5-3-4-6-8;1-2-4-5-3-1;/h3-6,9,11H,7H2,1-2H3;1-5H;/q-1;-5;. The maximum Gasteiger partial charge on any atom is 0.0521 e. The maximum atomic E-state index is 9.03. The summed E-state index contributed by atoms with van der Waals surface area (Å²) < 4.78 is 0. The fourth-order valence-corrected chi connectivity index (χ4v) is 1.50. The molecule has 100 valence electrons. The van der Waals surface area contributed by atoms with Crippen LogP contribution in [0.1, 0.15) is 11.6 Å². The molecule has 0 aliphatic rings. The maximum absolute atomic E-state index is 9.03. The van der Waals surface area contributed by atoms with Crippen molar-refractivity contribution in [3.63, 3.8) is 0 Å². The third-order valence-electron chi connectivity index (χ3n) is 2.43. The minimum absolute atomic E-state index is 0. The molecular weight excluding hydrogens is 254 g/mol. The second-order valence-corrected chi connectivity index (χ2v) is 3.84. The van der Waals surface area contributed by atoms with Crippen molar-refractivity contribution in [1.82, 2.24) is 4.90 Å². The normalized spacial score (nSPS) is 11.3. The van der Waals surface area contributed by atoms with Gasteiger partial charge in [0.2, 0.25) is 0 Å². The quantitative estimate of drug-likeness (QED) is 0.685. The van der Waals surface area contributed by atoms with E-state index in [4.69, 9.17) is 5.11 Å². The molecule has 0 radical (unpaired) electrons. The summed E-state index contributed by atoms with van der Waals surface area (Å²) in [6.07, 6.45) is 0. The summed E-state index contributed by atoms with van der Waals surface area (Å²) in [4.78, 5) is 2.01. The van der Waals surface area contributed by atoms with Crippen molar-refractivity contribution in [3.05, 3.63) is 60.2 Å². The van der Waals surface area contributed by atoms with Crippen LogP contribution in [0.2, 0.25) is 0 Å². The number of aliphatic hydroxyl groups is 1. The van der Waals surface area contributed by atoms with Gasteiger partial charge in [-0.2, -0.15) is 12.1 Å². The monoisotopic (exact) mass is 273 g/mol. The molecule has 2 nitrogen and oxygen atoms in total. The van der Waals surface area contributed by atoms with Crippen molar-refractivity contribution in [1.29, 1.82) is 0 Å². The van der Waals surface area contributed by atoms with Gasteiger partial charge in [0.1, 0.15) is 0 Å². The van der Waals surface area contributed by atoms with Crippen LogP contribution in [0.4, 0.5) is 0 Å². The zero-order valence-corrected chi connectivity index (χ0v) is 11.3. The Balaban J connectivity index is 0.000000360. The van der Waals surface area contributed by atoms with Gasteiger partial charge in [0.05, 0.1) is 6.61 Å². The molecule has 3 heteroatoms.